The van der Waals surface area contributed by atoms with Gasteiger partial charge in [0, 0.05) is 16.1 Å². The molecule has 146 valence electrons. The van der Waals surface area contributed by atoms with Crippen molar-refractivity contribution in [3.8, 4) is 0 Å². The summed E-state index contributed by atoms with van der Waals surface area (Å²) in [6.45, 7) is 1.66. The molecule has 0 saturated carbocycles. The van der Waals surface area contributed by atoms with E-state index in [-0.39, 0.29) is 28.9 Å². The quantitative estimate of drug-likeness (QED) is 0.607. The number of fused-ring (bicyclic) bond motifs is 1. The van der Waals surface area contributed by atoms with Gasteiger partial charge in [0.2, 0.25) is 5.91 Å². The third-order valence-electron chi connectivity index (χ3n) is 5.06. The molecule has 29 heavy (non-hydrogen) atoms. The van der Waals surface area contributed by atoms with Gasteiger partial charge >= 0.3 is 0 Å². The van der Waals surface area contributed by atoms with Crippen LogP contribution in [0.5, 0.6) is 0 Å². The summed E-state index contributed by atoms with van der Waals surface area (Å²) in [6.07, 6.45) is 0. The highest BCUT2D eigenvalue weighted by Crippen LogP contribution is 2.38. The van der Waals surface area contributed by atoms with Gasteiger partial charge in [-0.05, 0) is 43.3 Å². The number of hydrogen-bond acceptors (Lipinski definition) is 2. The van der Waals surface area contributed by atoms with Crippen LogP contribution in [-0.4, -0.2) is 17.9 Å². The van der Waals surface area contributed by atoms with Gasteiger partial charge < -0.3 is 4.90 Å². The van der Waals surface area contributed by atoms with Gasteiger partial charge in [-0.15, -0.1) is 0 Å². The van der Waals surface area contributed by atoms with Crippen LogP contribution in [0.4, 0.5) is 15.8 Å². The molecule has 4 rings (SSSR count). The number of anilines is 2. The van der Waals surface area contributed by atoms with Crippen LogP contribution in [0.3, 0.4) is 0 Å². The Kier molecular flexibility index (Phi) is 5.07. The molecule has 0 spiro atoms. The Morgan fingerprint density at radius 2 is 1.62 bits per heavy atom. The SMILES string of the molecule is C[C@@H]1C(=O)N(Cc2c(F)cccc2Cl)c2ccccc2N1C(=O)c1ccccc1. The second kappa shape index (κ2) is 7.68. The van der Waals surface area contributed by atoms with E-state index in [0.717, 1.165) is 0 Å². The van der Waals surface area contributed by atoms with Gasteiger partial charge in [0.05, 0.1) is 17.9 Å². The van der Waals surface area contributed by atoms with E-state index in [1.807, 2.05) is 6.07 Å². The molecule has 3 aromatic carbocycles. The van der Waals surface area contributed by atoms with E-state index in [1.54, 1.807) is 61.5 Å². The van der Waals surface area contributed by atoms with E-state index in [1.165, 1.54) is 21.9 Å². The second-order valence-corrected chi connectivity index (χ2v) is 7.24. The summed E-state index contributed by atoms with van der Waals surface area (Å²) in [6, 6.07) is 19.6. The largest absolute Gasteiger partial charge is 0.304 e. The van der Waals surface area contributed by atoms with Crippen molar-refractivity contribution in [2.75, 3.05) is 9.80 Å². The number of rotatable bonds is 3. The van der Waals surface area contributed by atoms with Gasteiger partial charge in [-0.1, -0.05) is 48.0 Å². The molecule has 0 unspecified atom stereocenters. The third-order valence-corrected chi connectivity index (χ3v) is 5.41. The van der Waals surface area contributed by atoms with E-state index in [4.69, 9.17) is 11.6 Å². The predicted octanol–water partition coefficient (Wildman–Crippen LogP) is 5.06. The average Bonchev–Trinajstić information content (AvgIpc) is 2.74. The summed E-state index contributed by atoms with van der Waals surface area (Å²) in [5.74, 6) is -1.03. The van der Waals surface area contributed by atoms with Crippen molar-refractivity contribution in [3.05, 3.63) is 94.8 Å². The van der Waals surface area contributed by atoms with Gasteiger partial charge in [0.1, 0.15) is 11.9 Å². The second-order valence-electron chi connectivity index (χ2n) is 6.83. The molecular weight excluding hydrogens is 391 g/mol. The molecule has 1 aliphatic heterocycles. The van der Waals surface area contributed by atoms with Crippen LogP contribution in [0.1, 0.15) is 22.8 Å². The van der Waals surface area contributed by atoms with Crippen molar-refractivity contribution in [1.82, 2.24) is 0 Å². The monoisotopic (exact) mass is 408 g/mol. The smallest absolute Gasteiger partial charge is 0.259 e. The summed E-state index contributed by atoms with van der Waals surface area (Å²) < 4.78 is 14.3. The number of carbonyl (C=O) groups excluding carboxylic acids is 2. The van der Waals surface area contributed by atoms with Crippen molar-refractivity contribution in [1.29, 1.82) is 0 Å². The van der Waals surface area contributed by atoms with Crippen LogP contribution in [0.25, 0.3) is 0 Å². The summed E-state index contributed by atoms with van der Waals surface area (Å²) >= 11 is 6.18. The highest BCUT2D eigenvalue weighted by molar-refractivity contribution is 6.31. The molecule has 6 heteroatoms. The molecule has 0 N–H and O–H groups in total. The van der Waals surface area contributed by atoms with Crippen molar-refractivity contribution in [3.63, 3.8) is 0 Å². The van der Waals surface area contributed by atoms with E-state index in [9.17, 15) is 14.0 Å². The van der Waals surface area contributed by atoms with Crippen LogP contribution in [-0.2, 0) is 11.3 Å². The van der Waals surface area contributed by atoms with Crippen molar-refractivity contribution in [2.24, 2.45) is 0 Å². The number of amides is 2. The zero-order valence-electron chi connectivity index (χ0n) is 15.7. The van der Waals surface area contributed by atoms with Crippen LogP contribution < -0.4 is 9.80 Å². The highest BCUT2D eigenvalue weighted by atomic mass is 35.5. The standard InChI is InChI=1S/C23H18ClFN2O2/c1-15-22(28)26(14-17-18(24)10-7-11-19(17)25)20-12-5-6-13-21(20)27(15)23(29)16-8-3-2-4-9-16/h2-13,15H,14H2,1H3/t15-/m1/s1. The Morgan fingerprint density at radius 3 is 2.31 bits per heavy atom. The summed E-state index contributed by atoms with van der Waals surface area (Å²) in [5, 5.41) is 0.255. The molecule has 2 amide bonds. The van der Waals surface area contributed by atoms with E-state index in [2.05, 4.69) is 0 Å². The first-order valence-corrected chi connectivity index (χ1v) is 9.58. The number of carbonyl (C=O) groups is 2. The van der Waals surface area contributed by atoms with Crippen LogP contribution in [0.2, 0.25) is 5.02 Å². The third kappa shape index (κ3) is 3.38. The molecule has 0 radical (unpaired) electrons. The maximum atomic E-state index is 14.3. The van der Waals surface area contributed by atoms with Crippen molar-refractivity contribution >= 4 is 34.8 Å². The molecule has 4 nitrogen and oxygen atoms in total. The molecule has 0 bridgehead atoms. The van der Waals surface area contributed by atoms with Gasteiger partial charge in [-0.25, -0.2) is 4.39 Å². The number of para-hydroxylation sites is 2. The summed E-state index contributed by atoms with van der Waals surface area (Å²) in [7, 11) is 0. The van der Waals surface area contributed by atoms with Gasteiger partial charge in [0.25, 0.3) is 5.91 Å². The number of hydrogen-bond donors (Lipinski definition) is 0. The van der Waals surface area contributed by atoms with Gasteiger partial charge in [0.15, 0.2) is 0 Å². The maximum Gasteiger partial charge on any atom is 0.259 e. The first-order valence-electron chi connectivity index (χ1n) is 9.21. The number of benzene rings is 3. The zero-order chi connectivity index (χ0) is 20.5. The van der Waals surface area contributed by atoms with E-state index in [0.29, 0.717) is 16.9 Å². The lowest BCUT2D eigenvalue weighted by Crippen LogP contribution is -2.54. The Balaban J connectivity index is 1.78. The predicted molar refractivity (Wildman–Crippen MR) is 112 cm³/mol. The fourth-order valence-corrected chi connectivity index (χ4v) is 3.79. The molecule has 0 aromatic heterocycles. The molecule has 0 fully saturated rings. The fraction of sp³-hybridized carbons (Fsp3) is 0.130. The minimum atomic E-state index is -0.747. The molecule has 1 atom stereocenters. The maximum absolute atomic E-state index is 14.3. The lowest BCUT2D eigenvalue weighted by Gasteiger charge is -2.40. The lowest BCUT2D eigenvalue weighted by molar-refractivity contribution is -0.119. The first-order chi connectivity index (χ1) is 14.0. The van der Waals surface area contributed by atoms with E-state index >= 15 is 0 Å². The van der Waals surface area contributed by atoms with E-state index < -0.39 is 11.9 Å². The average molecular weight is 409 g/mol. The molecule has 1 heterocycles. The number of nitrogens with zero attached hydrogens (tertiary/aromatic N) is 2. The Bertz CT molecular complexity index is 1070. The summed E-state index contributed by atoms with van der Waals surface area (Å²) in [4.78, 5) is 29.4. The van der Waals surface area contributed by atoms with Crippen molar-refractivity contribution in [2.45, 2.75) is 19.5 Å². The zero-order valence-corrected chi connectivity index (χ0v) is 16.4. The Morgan fingerprint density at radius 1 is 0.966 bits per heavy atom. The molecule has 0 saturated heterocycles. The van der Waals surface area contributed by atoms with Gasteiger partial charge in [-0.3, -0.25) is 14.5 Å². The topological polar surface area (TPSA) is 40.6 Å². The molecular formula is C23H18ClFN2O2. The Hall–Kier alpha value is -3.18. The Labute approximate surface area is 173 Å². The normalized spacial score (nSPS) is 16.0. The van der Waals surface area contributed by atoms with Crippen LogP contribution in [0, 0.1) is 5.82 Å². The molecule has 0 aliphatic carbocycles. The lowest BCUT2D eigenvalue weighted by atomic mass is 10.0. The van der Waals surface area contributed by atoms with Gasteiger partial charge in [-0.2, -0.15) is 0 Å². The summed E-state index contributed by atoms with van der Waals surface area (Å²) in [5.41, 5.74) is 1.88. The van der Waals surface area contributed by atoms with Crippen LogP contribution >= 0.6 is 11.6 Å². The minimum Gasteiger partial charge on any atom is -0.304 e. The minimum absolute atomic E-state index is 0.0148. The first kappa shape index (κ1) is 19.2. The fourth-order valence-electron chi connectivity index (χ4n) is 3.57. The van der Waals surface area contributed by atoms with Crippen molar-refractivity contribution < 1.29 is 14.0 Å². The highest BCUT2D eigenvalue weighted by Gasteiger charge is 2.39. The number of halogens is 2. The molecule has 1 aliphatic rings. The van der Waals surface area contributed by atoms with Crippen LogP contribution in [0.15, 0.2) is 72.8 Å². The molecule has 3 aromatic rings.